The molecule has 98 valence electrons. The molecule has 0 unspecified atom stereocenters. The van der Waals surface area contributed by atoms with Gasteiger partial charge in [-0.15, -0.1) is 0 Å². The number of hydrogen-bond donors (Lipinski definition) is 2. The van der Waals surface area contributed by atoms with Gasteiger partial charge in [0.1, 0.15) is 0 Å². The van der Waals surface area contributed by atoms with Gasteiger partial charge in [0.25, 0.3) is 0 Å². The molecule has 1 heterocycles. The molecule has 0 aromatic heterocycles. The molecule has 0 aliphatic carbocycles. The second-order valence-corrected chi connectivity index (χ2v) is 4.81. The number of benzene rings is 1. The second-order valence-electron chi connectivity index (χ2n) is 4.81. The van der Waals surface area contributed by atoms with E-state index in [1.54, 1.807) is 0 Å². The summed E-state index contributed by atoms with van der Waals surface area (Å²) in [6.07, 6.45) is 2.62. The lowest BCUT2D eigenvalue weighted by Crippen LogP contribution is -2.34. The van der Waals surface area contributed by atoms with E-state index in [9.17, 15) is 0 Å². The molecule has 0 bridgehead atoms. The fourth-order valence-corrected chi connectivity index (χ4v) is 2.24. The van der Waals surface area contributed by atoms with E-state index in [1.807, 2.05) is 30.3 Å². The molecular formula is C14H22N4. The fourth-order valence-electron chi connectivity index (χ4n) is 2.24. The fraction of sp³-hybridized carbons (Fsp3) is 0.500. The van der Waals surface area contributed by atoms with Gasteiger partial charge in [-0.05, 0) is 45.0 Å². The number of aliphatic imine (C=N–C) groups is 1. The second kappa shape index (κ2) is 6.40. The number of anilines is 1. The van der Waals surface area contributed by atoms with Crippen molar-refractivity contribution in [3.05, 3.63) is 30.3 Å². The van der Waals surface area contributed by atoms with Gasteiger partial charge in [-0.25, -0.2) is 0 Å². The summed E-state index contributed by atoms with van der Waals surface area (Å²) >= 11 is 0. The quantitative estimate of drug-likeness (QED) is 0.630. The van der Waals surface area contributed by atoms with Gasteiger partial charge >= 0.3 is 0 Å². The van der Waals surface area contributed by atoms with Crippen molar-refractivity contribution in [3.63, 3.8) is 0 Å². The third kappa shape index (κ3) is 3.74. The minimum atomic E-state index is 0.476. The van der Waals surface area contributed by atoms with Gasteiger partial charge in [0.15, 0.2) is 5.96 Å². The van der Waals surface area contributed by atoms with Crippen molar-refractivity contribution in [2.75, 3.05) is 25.0 Å². The predicted octanol–water partition coefficient (Wildman–Crippen LogP) is 1.90. The lowest BCUT2D eigenvalue weighted by Gasteiger charge is -2.21. The van der Waals surface area contributed by atoms with Gasteiger partial charge in [0.05, 0.1) is 6.54 Å². The van der Waals surface area contributed by atoms with Crippen molar-refractivity contribution in [2.45, 2.75) is 25.8 Å². The van der Waals surface area contributed by atoms with Crippen molar-refractivity contribution in [2.24, 2.45) is 10.7 Å². The van der Waals surface area contributed by atoms with Gasteiger partial charge in [0.2, 0.25) is 0 Å². The minimum Gasteiger partial charge on any atom is -0.370 e. The Morgan fingerprint density at radius 1 is 1.33 bits per heavy atom. The third-order valence-corrected chi connectivity index (χ3v) is 3.34. The van der Waals surface area contributed by atoms with E-state index in [2.05, 4.69) is 22.1 Å². The lowest BCUT2D eigenvalue weighted by atomic mass is 10.3. The zero-order valence-electron chi connectivity index (χ0n) is 11.0. The van der Waals surface area contributed by atoms with Crippen molar-refractivity contribution in [1.82, 2.24) is 4.90 Å². The summed E-state index contributed by atoms with van der Waals surface area (Å²) < 4.78 is 0. The van der Waals surface area contributed by atoms with Crippen LogP contribution in [0, 0.1) is 0 Å². The number of guanidine groups is 1. The molecule has 0 saturated carbocycles. The van der Waals surface area contributed by atoms with E-state index in [0.717, 1.165) is 12.2 Å². The number of nitrogens with zero attached hydrogens (tertiary/aromatic N) is 2. The molecule has 1 fully saturated rings. The topological polar surface area (TPSA) is 53.6 Å². The smallest absolute Gasteiger partial charge is 0.193 e. The van der Waals surface area contributed by atoms with E-state index in [0.29, 0.717) is 12.0 Å². The minimum absolute atomic E-state index is 0.476. The van der Waals surface area contributed by atoms with Crippen molar-refractivity contribution in [1.29, 1.82) is 0 Å². The van der Waals surface area contributed by atoms with Crippen molar-refractivity contribution < 1.29 is 0 Å². The highest BCUT2D eigenvalue weighted by Crippen LogP contribution is 2.11. The molecule has 0 amide bonds. The van der Waals surface area contributed by atoms with E-state index in [-0.39, 0.29) is 0 Å². The van der Waals surface area contributed by atoms with Crippen LogP contribution in [-0.4, -0.2) is 36.5 Å². The van der Waals surface area contributed by atoms with Crippen molar-refractivity contribution in [3.8, 4) is 0 Å². The van der Waals surface area contributed by atoms with Crippen LogP contribution in [0.25, 0.3) is 0 Å². The molecule has 4 nitrogen and oxygen atoms in total. The molecule has 18 heavy (non-hydrogen) atoms. The average Bonchev–Trinajstić information content (AvgIpc) is 2.91. The zero-order valence-corrected chi connectivity index (χ0v) is 11.0. The molecule has 1 aliphatic rings. The monoisotopic (exact) mass is 246 g/mol. The molecule has 0 radical (unpaired) electrons. The standard InChI is InChI=1S/C14H22N4/c1-12(18-9-5-6-10-18)11-16-14(15)17-13-7-3-2-4-8-13/h2-4,7-8,12H,5-6,9-11H2,1H3,(H3,15,16,17)/t12-/m1/s1. The first-order chi connectivity index (χ1) is 8.75. The van der Waals surface area contributed by atoms with E-state index in [4.69, 9.17) is 5.73 Å². The Morgan fingerprint density at radius 3 is 2.67 bits per heavy atom. The normalized spacial score (nSPS) is 18.8. The molecule has 1 saturated heterocycles. The Kier molecular flexibility index (Phi) is 4.59. The van der Waals surface area contributed by atoms with Crippen LogP contribution in [0.2, 0.25) is 0 Å². The number of hydrogen-bond acceptors (Lipinski definition) is 2. The maximum absolute atomic E-state index is 5.87. The van der Waals surface area contributed by atoms with Gasteiger partial charge in [0, 0.05) is 11.7 Å². The Balaban J connectivity index is 1.81. The van der Waals surface area contributed by atoms with Gasteiger partial charge < -0.3 is 11.1 Å². The number of para-hydroxylation sites is 1. The molecule has 1 aromatic rings. The molecule has 3 N–H and O–H groups in total. The number of likely N-dealkylation sites (tertiary alicyclic amines) is 1. The molecule has 1 aromatic carbocycles. The Hall–Kier alpha value is -1.55. The van der Waals surface area contributed by atoms with Gasteiger partial charge in [-0.2, -0.15) is 0 Å². The Bertz CT molecular complexity index is 382. The number of nitrogens with two attached hydrogens (primary N) is 1. The summed E-state index contributed by atoms with van der Waals surface area (Å²) in [4.78, 5) is 6.88. The molecule has 2 rings (SSSR count). The Morgan fingerprint density at radius 2 is 2.00 bits per heavy atom. The molecular weight excluding hydrogens is 224 g/mol. The van der Waals surface area contributed by atoms with Crippen LogP contribution in [0.1, 0.15) is 19.8 Å². The summed E-state index contributed by atoms with van der Waals surface area (Å²) in [5.41, 5.74) is 6.85. The van der Waals surface area contributed by atoms with Crippen LogP contribution in [-0.2, 0) is 0 Å². The summed E-state index contributed by atoms with van der Waals surface area (Å²) in [6.45, 7) is 5.36. The van der Waals surface area contributed by atoms with Gasteiger partial charge in [-0.1, -0.05) is 18.2 Å². The SMILES string of the molecule is C[C@H](CN=C(N)Nc1ccccc1)N1CCCC1. The average molecular weight is 246 g/mol. The van der Waals surface area contributed by atoms with Crippen LogP contribution in [0.15, 0.2) is 35.3 Å². The van der Waals surface area contributed by atoms with Crippen LogP contribution < -0.4 is 11.1 Å². The number of rotatable bonds is 4. The van der Waals surface area contributed by atoms with Crippen LogP contribution in [0.4, 0.5) is 5.69 Å². The zero-order chi connectivity index (χ0) is 12.8. The largest absolute Gasteiger partial charge is 0.370 e. The summed E-state index contributed by atoms with van der Waals surface area (Å²) in [6, 6.07) is 10.4. The highest BCUT2D eigenvalue weighted by Gasteiger charge is 2.17. The van der Waals surface area contributed by atoms with E-state index < -0.39 is 0 Å². The highest BCUT2D eigenvalue weighted by molar-refractivity contribution is 5.92. The molecule has 1 atom stereocenters. The van der Waals surface area contributed by atoms with E-state index in [1.165, 1.54) is 25.9 Å². The maximum atomic E-state index is 5.87. The molecule has 4 heteroatoms. The van der Waals surface area contributed by atoms with Crippen LogP contribution in [0.3, 0.4) is 0 Å². The van der Waals surface area contributed by atoms with Crippen LogP contribution in [0.5, 0.6) is 0 Å². The molecule has 1 aliphatic heterocycles. The maximum Gasteiger partial charge on any atom is 0.193 e. The van der Waals surface area contributed by atoms with Gasteiger partial charge in [-0.3, -0.25) is 9.89 Å². The van der Waals surface area contributed by atoms with Crippen LogP contribution >= 0.6 is 0 Å². The summed E-state index contributed by atoms with van der Waals surface area (Å²) in [5.74, 6) is 0.493. The van der Waals surface area contributed by atoms with Crippen molar-refractivity contribution >= 4 is 11.6 Å². The summed E-state index contributed by atoms with van der Waals surface area (Å²) in [5, 5.41) is 3.10. The first-order valence-electron chi connectivity index (χ1n) is 6.62. The first kappa shape index (κ1) is 12.9. The lowest BCUT2D eigenvalue weighted by molar-refractivity contribution is 0.265. The highest BCUT2D eigenvalue weighted by atomic mass is 15.2. The number of nitrogens with one attached hydrogen (secondary N) is 1. The Labute approximate surface area is 109 Å². The van der Waals surface area contributed by atoms with E-state index >= 15 is 0 Å². The first-order valence-corrected chi connectivity index (χ1v) is 6.62. The summed E-state index contributed by atoms with van der Waals surface area (Å²) in [7, 11) is 0. The molecule has 0 spiro atoms. The predicted molar refractivity (Wildman–Crippen MR) is 76.8 cm³/mol. The third-order valence-electron chi connectivity index (χ3n) is 3.34.